The predicted molar refractivity (Wildman–Crippen MR) is 47.4 cm³/mol. The van der Waals surface area contributed by atoms with Gasteiger partial charge in [0.1, 0.15) is 0 Å². The summed E-state index contributed by atoms with van der Waals surface area (Å²) in [7, 11) is 0. The van der Waals surface area contributed by atoms with Crippen molar-refractivity contribution in [3.05, 3.63) is 12.7 Å². The van der Waals surface area contributed by atoms with E-state index in [0.717, 1.165) is 0 Å². The number of allylic oxidation sites excluding steroid dienone is 1. The molecule has 0 aromatic carbocycles. The van der Waals surface area contributed by atoms with E-state index in [4.69, 9.17) is 10.2 Å². The summed E-state index contributed by atoms with van der Waals surface area (Å²) in [6.07, 6.45) is 1.94. The second-order valence-electron chi connectivity index (χ2n) is 2.94. The van der Waals surface area contributed by atoms with E-state index >= 15 is 0 Å². The van der Waals surface area contributed by atoms with Crippen LogP contribution in [0.25, 0.3) is 0 Å². The Morgan fingerprint density at radius 2 is 1.85 bits per heavy atom. The Kier molecular flexibility index (Phi) is 4.17. The maximum absolute atomic E-state index is 10.8. The zero-order valence-electron chi connectivity index (χ0n) is 7.62. The molecule has 0 saturated carbocycles. The van der Waals surface area contributed by atoms with Gasteiger partial charge in [0.2, 0.25) is 0 Å². The average Bonchev–Trinajstić information content (AvgIpc) is 2.03. The van der Waals surface area contributed by atoms with Crippen molar-refractivity contribution in [2.45, 2.75) is 26.2 Å². The molecule has 0 bridgehead atoms. The highest BCUT2D eigenvalue weighted by Gasteiger charge is 2.44. The largest absolute Gasteiger partial charge is 0.480 e. The number of carboxylic acid groups (broad SMARTS) is 2. The van der Waals surface area contributed by atoms with Crippen LogP contribution in [0.1, 0.15) is 26.2 Å². The fourth-order valence-electron chi connectivity index (χ4n) is 1.26. The lowest BCUT2D eigenvalue weighted by atomic mass is 9.80. The van der Waals surface area contributed by atoms with Crippen molar-refractivity contribution in [3.63, 3.8) is 0 Å². The molecule has 0 saturated heterocycles. The van der Waals surface area contributed by atoms with Crippen molar-refractivity contribution in [1.82, 2.24) is 0 Å². The summed E-state index contributed by atoms with van der Waals surface area (Å²) < 4.78 is 0. The molecule has 13 heavy (non-hydrogen) atoms. The smallest absolute Gasteiger partial charge is 0.321 e. The Labute approximate surface area is 76.9 Å². The Morgan fingerprint density at radius 3 is 2.08 bits per heavy atom. The van der Waals surface area contributed by atoms with Crippen LogP contribution in [0, 0.1) is 5.41 Å². The minimum absolute atomic E-state index is 0.0362. The van der Waals surface area contributed by atoms with E-state index in [1.165, 1.54) is 6.08 Å². The summed E-state index contributed by atoms with van der Waals surface area (Å²) in [5.41, 5.74) is -1.68. The van der Waals surface area contributed by atoms with Gasteiger partial charge in [0, 0.05) is 0 Å². The first-order chi connectivity index (χ1) is 6.01. The van der Waals surface area contributed by atoms with Crippen LogP contribution >= 0.6 is 0 Å². The molecule has 0 fully saturated rings. The number of aliphatic carboxylic acids is 2. The minimum atomic E-state index is -1.68. The maximum Gasteiger partial charge on any atom is 0.321 e. The minimum Gasteiger partial charge on any atom is -0.480 e. The molecule has 4 heteroatoms. The lowest BCUT2D eigenvalue weighted by molar-refractivity contribution is -0.165. The lowest BCUT2D eigenvalue weighted by Gasteiger charge is -2.22. The number of carbonyl (C=O) groups is 2. The van der Waals surface area contributed by atoms with Gasteiger partial charge in [0.05, 0.1) is 0 Å². The van der Waals surface area contributed by atoms with Crippen LogP contribution in [0.3, 0.4) is 0 Å². The van der Waals surface area contributed by atoms with Gasteiger partial charge < -0.3 is 10.2 Å². The number of rotatable bonds is 6. The van der Waals surface area contributed by atoms with Gasteiger partial charge in [0.15, 0.2) is 5.41 Å². The van der Waals surface area contributed by atoms with Gasteiger partial charge in [-0.05, 0) is 12.8 Å². The van der Waals surface area contributed by atoms with Crippen molar-refractivity contribution in [2.75, 3.05) is 0 Å². The van der Waals surface area contributed by atoms with Crippen molar-refractivity contribution in [1.29, 1.82) is 0 Å². The summed E-state index contributed by atoms with van der Waals surface area (Å²) >= 11 is 0. The van der Waals surface area contributed by atoms with Gasteiger partial charge in [-0.2, -0.15) is 0 Å². The van der Waals surface area contributed by atoms with Crippen molar-refractivity contribution >= 4 is 11.9 Å². The molecule has 0 amide bonds. The molecule has 0 atom stereocenters. The molecule has 4 nitrogen and oxygen atoms in total. The Morgan fingerprint density at radius 1 is 1.38 bits per heavy atom. The second-order valence-corrected chi connectivity index (χ2v) is 2.94. The van der Waals surface area contributed by atoms with Crippen LogP contribution in [-0.4, -0.2) is 22.2 Å². The average molecular weight is 186 g/mol. The third-order valence-electron chi connectivity index (χ3n) is 1.99. The molecule has 0 aromatic rings. The molecule has 74 valence electrons. The topological polar surface area (TPSA) is 74.6 Å². The van der Waals surface area contributed by atoms with E-state index in [0.29, 0.717) is 6.42 Å². The summed E-state index contributed by atoms with van der Waals surface area (Å²) in [5, 5.41) is 17.7. The first-order valence-corrected chi connectivity index (χ1v) is 4.09. The molecule has 0 spiro atoms. The van der Waals surface area contributed by atoms with Gasteiger partial charge >= 0.3 is 11.9 Å². The van der Waals surface area contributed by atoms with Gasteiger partial charge in [-0.15, -0.1) is 6.58 Å². The van der Waals surface area contributed by atoms with E-state index in [1.807, 2.05) is 0 Å². The standard InChI is InChI=1S/C9H14O4/c1-3-5-9(6-4-2,7(10)11)8(12)13/h3H,1,4-6H2,2H3,(H,10,11)(H,12,13). The highest BCUT2D eigenvalue weighted by molar-refractivity contribution is 5.98. The second kappa shape index (κ2) is 4.64. The molecule has 0 rings (SSSR count). The quantitative estimate of drug-likeness (QED) is 0.487. The molecule has 0 unspecified atom stereocenters. The Hall–Kier alpha value is -1.32. The first-order valence-electron chi connectivity index (χ1n) is 4.09. The predicted octanol–water partition coefficient (Wildman–Crippen LogP) is 1.52. The molecule has 0 radical (unpaired) electrons. The fourth-order valence-corrected chi connectivity index (χ4v) is 1.26. The van der Waals surface area contributed by atoms with Gasteiger partial charge in [-0.3, -0.25) is 9.59 Å². The highest BCUT2D eigenvalue weighted by Crippen LogP contribution is 2.29. The number of carboxylic acids is 2. The zero-order chi connectivity index (χ0) is 10.5. The monoisotopic (exact) mass is 186 g/mol. The zero-order valence-corrected chi connectivity index (χ0v) is 7.62. The van der Waals surface area contributed by atoms with E-state index in [2.05, 4.69) is 6.58 Å². The van der Waals surface area contributed by atoms with E-state index < -0.39 is 17.4 Å². The Bertz CT molecular complexity index is 206. The Balaban J connectivity index is 4.91. The lowest BCUT2D eigenvalue weighted by Crippen LogP contribution is -2.38. The normalized spacial score (nSPS) is 10.8. The third kappa shape index (κ3) is 2.31. The molecular formula is C9H14O4. The molecule has 0 aliphatic rings. The van der Waals surface area contributed by atoms with Crippen LogP contribution in [0.15, 0.2) is 12.7 Å². The molecular weight excluding hydrogens is 172 g/mol. The number of hydrogen-bond acceptors (Lipinski definition) is 2. The summed E-state index contributed by atoms with van der Waals surface area (Å²) in [4.78, 5) is 21.6. The van der Waals surface area contributed by atoms with Gasteiger partial charge in [-0.1, -0.05) is 19.4 Å². The van der Waals surface area contributed by atoms with Crippen molar-refractivity contribution in [2.24, 2.45) is 5.41 Å². The van der Waals surface area contributed by atoms with Crippen LogP contribution in [0.4, 0.5) is 0 Å². The fraction of sp³-hybridized carbons (Fsp3) is 0.556. The van der Waals surface area contributed by atoms with E-state index in [9.17, 15) is 9.59 Å². The number of hydrogen-bond donors (Lipinski definition) is 2. The molecule has 0 aliphatic heterocycles. The maximum atomic E-state index is 10.8. The van der Waals surface area contributed by atoms with Crippen LogP contribution < -0.4 is 0 Å². The van der Waals surface area contributed by atoms with E-state index in [1.54, 1.807) is 6.92 Å². The van der Waals surface area contributed by atoms with Crippen LogP contribution in [-0.2, 0) is 9.59 Å². The van der Waals surface area contributed by atoms with Crippen molar-refractivity contribution < 1.29 is 19.8 Å². The third-order valence-corrected chi connectivity index (χ3v) is 1.99. The van der Waals surface area contributed by atoms with Crippen LogP contribution in [0.5, 0.6) is 0 Å². The van der Waals surface area contributed by atoms with Gasteiger partial charge in [0.25, 0.3) is 0 Å². The molecule has 2 N–H and O–H groups in total. The summed E-state index contributed by atoms with van der Waals surface area (Å²) in [6.45, 7) is 5.12. The van der Waals surface area contributed by atoms with Crippen LogP contribution in [0.2, 0.25) is 0 Å². The van der Waals surface area contributed by atoms with Crippen molar-refractivity contribution in [3.8, 4) is 0 Å². The highest BCUT2D eigenvalue weighted by atomic mass is 16.4. The van der Waals surface area contributed by atoms with Gasteiger partial charge in [-0.25, -0.2) is 0 Å². The molecule has 0 aliphatic carbocycles. The first kappa shape index (κ1) is 11.7. The summed E-state index contributed by atoms with van der Waals surface area (Å²) in [6, 6.07) is 0. The SMILES string of the molecule is C=CCC(CCC)(C(=O)O)C(=O)O. The summed E-state index contributed by atoms with van der Waals surface area (Å²) in [5.74, 6) is -2.58. The van der Waals surface area contributed by atoms with E-state index in [-0.39, 0.29) is 12.8 Å². The molecule has 0 aromatic heterocycles. The molecule has 0 heterocycles.